The lowest BCUT2D eigenvalue weighted by Crippen LogP contribution is -2.43. The fourth-order valence-electron chi connectivity index (χ4n) is 2.49. The minimum absolute atomic E-state index is 0.0947. The van der Waals surface area contributed by atoms with Crippen LogP contribution < -0.4 is 5.32 Å². The number of hydrogen-bond donors (Lipinski definition) is 1. The maximum absolute atomic E-state index is 9.33. The van der Waals surface area contributed by atoms with Crippen molar-refractivity contribution >= 4 is 0 Å². The Balaban J connectivity index is 2.63. The number of piperidine rings is 1. The third-order valence-corrected chi connectivity index (χ3v) is 3.41. The van der Waals surface area contributed by atoms with Gasteiger partial charge in [-0.25, -0.2) is 0 Å². The predicted molar refractivity (Wildman–Crippen MR) is 58.8 cm³/mol. The van der Waals surface area contributed by atoms with Crippen LogP contribution in [-0.2, 0) is 0 Å². The van der Waals surface area contributed by atoms with Gasteiger partial charge in [0.2, 0.25) is 0 Å². The minimum Gasteiger partial charge on any atom is -0.315 e. The molecule has 80 valence electrons. The van der Waals surface area contributed by atoms with Gasteiger partial charge in [-0.3, -0.25) is 0 Å². The SMILES string of the molecule is CC(C)CC(C)C1(C#N)CCCNC1. The lowest BCUT2D eigenvalue weighted by molar-refractivity contribution is 0.172. The highest BCUT2D eigenvalue weighted by atomic mass is 14.9. The van der Waals surface area contributed by atoms with Crippen LogP contribution in [0.15, 0.2) is 0 Å². The molecule has 1 rings (SSSR count). The van der Waals surface area contributed by atoms with Gasteiger partial charge in [0, 0.05) is 6.54 Å². The predicted octanol–water partition coefficient (Wildman–Crippen LogP) is 2.56. The van der Waals surface area contributed by atoms with E-state index in [1.165, 1.54) is 0 Å². The summed E-state index contributed by atoms with van der Waals surface area (Å²) in [5.41, 5.74) is -0.0947. The lowest BCUT2D eigenvalue weighted by Gasteiger charge is -2.37. The van der Waals surface area contributed by atoms with Gasteiger partial charge in [-0.05, 0) is 37.6 Å². The summed E-state index contributed by atoms with van der Waals surface area (Å²) in [7, 11) is 0. The number of hydrogen-bond acceptors (Lipinski definition) is 2. The molecule has 0 aromatic rings. The van der Waals surface area contributed by atoms with Crippen LogP contribution in [0.3, 0.4) is 0 Å². The Bertz CT molecular complexity index is 209. The van der Waals surface area contributed by atoms with Gasteiger partial charge in [-0.2, -0.15) is 5.26 Å². The summed E-state index contributed by atoms with van der Waals surface area (Å²) in [5.74, 6) is 1.21. The van der Waals surface area contributed by atoms with E-state index in [1.807, 2.05) is 0 Å². The minimum atomic E-state index is -0.0947. The molecule has 14 heavy (non-hydrogen) atoms. The lowest BCUT2D eigenvalue weighted by atomic mass is 9.69. The van der Waals surface area contributed by atoms with Crippen molar-refractivity contribution in [3.05, 3.63) is 0 Å². The van der Waals surface area contributed by atoms with Crippen LogP contribution in [0.1, 0.15) is 40.0 Å². The molecule has 2 unspecified atom stereocenters. The molecule has 1 heterocycles. The van der Waals surface area contributed by atoms with Crippen LogP contribution in [0, 0.1) is 28.6 Å². The zero-order chi connectivity index (χ0) is 10.6. The molecule has 2 nitrogen and oxygen atoms in total. The van der Waals surface area contributed by atoms with E-state index in [9.17, 15) is 5.26 Å². The summed E-state index contributed by atoms with van der Waals surface area (Å²) in [6.07, 6.45) is 3.38. The highest BCUT2D eigenvalue weighted by Gasteiger charge is 2.37. The first kappa shape index (κ1) is 11.5. The summed E-state index contributed by atoms with van der Waals surface area (Å²) in [6, 6.07) is 2.56. The molecule has 2 atom stereocenters. The fraction of sp³-hybridized carbons (Fsp3) is 0.917. The van der Waals surface area contributed by atoms with Crippen molar-refractivity contribution in [3.8, 4) is 6.07 Å². The van der Waals surface area contributed by atoms with Crippen LogP contribution in [0.4, 0.5) is 0 Å². The first-order chi connectivity index (χ1) is 6.60. The van der Waals surface area contributed by atoms with Crippen LogP contribution in [0.5, 0.6) is 0 Å². The van der Waals surface area contributed by atoms with Crippen LogP contribution in [0.25, 0.3) is 0 Å². The van der Waals surface area contributed by atoms with E-state index in [-0.39, 0.29) is 5.41 Å². The average Bonchev–Trinajstić information content (AvgIpc) is 2.18. The summed E-state index contributed by atoms with van der Waals surface area (Å²) < 4.78 is 0. The number of nitrogens with zero attached hydrogens (tertiary/aromatic N) is 1. The molecule has 1 aliphatic heterocycles. The molecule has 0 amide bonds. The molecule has 1 N–H and O–H groups in total. The molecule has 1 aliphatic rings. The van der Waals surface area contributed by atoms with Gasteiger partial charge < -0.3 is 5.32 Å². The van der Waals surface area contributed by atoms with Crippen molar-refractivity contribution in [1.82, 2.24) is 5.32 Å². The van der Waals surface area contributed by atoms with Crippen LogP contribution >= 0.6 is 0 Å². The Morgan fingerprint density at radius 3 is 2.57 bits per heavy atom. The Kier molecular flexibility index (Phi) is 3.95. The normalized spacial score (nSPS) is 29.9. The van der Waals surface area contributed by atoms with Crippen molar-refractivity contribution in [2.75, 3.05) is 13.1 Å². The van der Waals surface area contributed by atoms with E-state index < -0.39 is 0 Å². The van der Waals surface area contributed by atoms with Crippen LogP contribution in [0.2, 0.25) is 0 Å². The van der Waals surface area contributed by atoms with Gasteiger partial charge in [0.1, 0.15) is 0 Å². The zero-order valence-electron chi connectivity index (χ0n) is 9.64. The molecule has 0 saturated carbocycles. The summed E-state index contributed by atoms with van der Waals surface area (Å²) in [6.45, 7) is 8.67. The second-order valence-electron chi connectivity index (χ2n) is 5.08. The molecule has 0 radical (unpaired) electrons. The van der Waals surface area contributed by atoms with E-state index in [0.717, 1.165) is 32.4 Å². The van der Waals surface area contributed by atoms with Gasteiger partial charge in [-0.1, -0.05) is 20.8 Å². The van der Waals surface area contributed by atoms with Crippen molar-refractivity contribution in [2.45, 2.75) is 40.0 Å². The molecule has 0 aliphatic carbocycles. The van der Waals surface area contributed by atoms with E-state index in [2.05, 4.69) is 32.2 Å². The highest BCUT2D eigenvalue weighted by molar-refractivity contribution is 5.05. The largest absolute Gasteiger partial charge is 0.315 e. The monoisotopic (exact) mass is 194 g/mol. The Morgan fingerprint density at radius 2 is 2.14 bits per heavy atom. The smallest absolute Gasteiger partial charge is 0.0724 e. The third-order valence-electron chi connectivity index (χ3n) is 3.41. The van der Waals surface area contributed by atoms with E-state index >= 15 is 0 Å². The van der Waals surface area contributed by atoms with Gasteiger partial charge in [-0.15, -0.1) is 0 Å². The van der Waals surface area contributed by atoms with Crippen molar-refractivity contribution in [1.29, 1.82) is 5.26 Å². The van der Waals surface area contributed by atoms with Crippen molar-refractivity contribution in [2.24, 2.45) is 17.3 Å². The Labute approximate surface area is 87.7 Å². The number of nitrogens with one attached hydrogen (secondary N) is 1. The molecular formula is C12H22N2. The molecule has 2 heteroatoms. The van der Waals surface area contributed by atoms with E-state index in [1.54, 1.807) is 0 Å². The molecule has 1 fully saturated rings. The zero-order valence-corrected chi connectivity index (χ0v) is 9.64. The summed E-state index contributed by atoms with van der Waals surface area (Å²) >= 11 is 0. The standard InChI is InChI=1S/C12H22N2/c1-10(2)7-11(3)12(8-13)5-4-6-14-9-12/h10-11,14H,4-7,9H2,1-3H3. The maximum Gasteiger partial charge on any atom is 0.0724 e. The molecule has 0 spiro atoms. The molecule has 0 aromatic carbocycles. The van der Waals surface area contributed by atoms with Crippen LogP contribution in [-0.4, -0.2) is 13.1 Å². The van der Waals surface area contributed by atoms with E-state index in [0.29, 0.717) is 11.8 Å². The van der Waals surface area contributed by atoms with Crippen molar-refractivity contribution < 1.29 is 0 Å². The fourth-order valence-corrected chi connectivity index (χ4v) is 2.49. The summed E-state index contributed by atoms with van der Waals surface area (Å²) in [4.78, 5) is 0. The van der Waals surface area contributed by atoms with Gasteiger partial charge in [0.25, 0.3) is 0 Å². The van der Waals surface area contributed by atoms with E-state index in [4.69, 9.17) is 0 Å². The first-order valence-electron chi connectivity index (χ1n) is 5.73. The second kappa shape index (κ2) is 4.79. The van der Waals surface area contributed by atoms with Gasteiger partial charge >= 0.3 is 0 Å². The van der Waals surface area contributed by atoms with Gasteiger partial charge in [0.15, 0.2) is 0 Å². The first-order valence-corrected chi connectivity index (χ1v) is 5.73. The maximum atomic E-state index is 9.33. The Hall–Kier alpha value is -0.550. The topological polar surface area (TPSA) is 35.8 Å². The highest BCUT2D eigenvalue weighted by Crippen LogP contribution is 2.37. The average molecular weight is 194 g/mol. The van der Waals surface area contributed by atoms with Crippen molar-refractivity contribution in [3.63, 3.8) is 0 Å². The second-order valence-corrected chi connectivity index (χ2v) is 5.08. The summed E-state index contributed by atoms with van der Waals surface area (Å²) in [5, 5.41) is 12.7. The molecular weight excluding hydrogens is 172 g/mol. The van der Waals surface area contributed by atoms with Gasteiger partial charge in [0.05, 0.1) is 11.5 Å². The number of nitriles is 1. The third kappa shape index (κ3) is 2.48. The Morgan fingerprint density at radius 1 is 1.43 bits per heavy atom. The molecule has 0 aromatic heterocycles. The molecule has 0 bridgehead atoms. The quantitative estimate of drug-likeness (QED) is 0.749. The molecule has 1 saturated heterocycles. The number of rotatable bonds is 3.